The van der Waals surface area contributed by atoms with Crippen molar-refractivity contribution in [1.82, 2.24) is 15.4 Å². The number of aryl methyl sites for hydroxylation is 1. The van der Waals surface area contributed by atoms with Crippen LogP contribution in [0.25, 0.3) is 0 Å². The molecule has 1 amide bonds. The third-order valence-corrected chi connectivity index (χ3v) is 4.24. The molecule has 1 aliphatic carbocycles. The zero-order valence-corrected chi connectivity index (χ0v) is 12.6. The van der Waals surface area contributed by atoms with E-state index in [1.54, 1.807) is 6.07 Å². The second-order valence-corrected chi connectivity index (χ2v) is 6.27. The van der Waals surface area contributed by atoms with E-state index in [4.69, 9.17) is 4.52 Å². The van der Waals surface area contributed by atoms with Crippen molar-refractivity contribution in [3.05, 3.63) is 11.8 Å². The monoisotopic (exact) mass is 292 g/mol. The van der Waals surface area contributed by atoms with Crippen LogP contribution in [0.1, 0.15) is 31.4 Å². The first-order valence-corrected chi connectivity index (χ1v) is 7.88. The molecule has 6 nitrogen and oxygen atoms in total. The Morgan fingerprint density at radius 2 is 2.14 bits per heavy atom. The van der Waals surface area contributed by atoms with Crippen molar-refractivity contribution in [3.63, 3.8) is 0 Å². The number of nitrogens with zero attached hydrogens (tertiary/aromatic N) is 2. The maximum absolute atomic E-state index is 11.9. The Kier molecular flexibility index (Phi) is 4.55. The number of hydrogen-bond donors (Lipinski definition) is 2. The number of anilines is 1. The molecule has 0 unspecified atom stereocenters. The van der Waals surface area contributed by atoms with Crippen LogP contribution in [0, 0.1) is 12.8 Å². The van der Waals surface area contributed by atoms with Crippen molar-refractivity contribution in [3.8, 4) is 0 Å². The number of piperidine rings is 1. The molecule has 0 atom stereocenters. The summed E-state index contributed by atoms with van der Waals surface area (Å²) in [6.07, 6.45) is 5.05. The number of amides is 1. The number of nitrogens with one attached hydrogen (secondary N) is 2. The summed E-state index contributed by atoms with van der Waals surface area (Å²) in [6, 6.07) is 2.36. The average Bonchev–Trinajstić information content (AvgIpc) is 3.21. The minimum absolute atomic E-state index is 0.0207. The van der Waals surface area contributed by atoms with E-state index in [1.807, 2.05) is 6.92 Å². The zero-order chi connectivity index (χ0) is 14.7. The summed E-state index contributed by atoms with van der Waals surface area (Å²) in [5.74, 6) is 2.11. The van der Waals surface area contributed by atoms with E-state index < -0.39 is 0 Å². The Morgan fingerprint density at radius 3 is 2.76 bits per heavy atom. The fourth-order valence-corrected chi connectivity index (χ4v) is 2.76. The molecule has 1 saturated heterocycles. The van der Waals surface area contributed by atoms with E-state index in [0.717, 1.165) is 31.8 Å². The minimum atomic E-state index is -0.0207. The van der Waals surface area contributed by atoms with Crippen molar-refractivity contribution in [1.29, 1.82) is 0 Å². The van der Waals surface area contributed by atoms with Crippen molar-refractivity contribution in [2.75, 3.05) is 31.5 Å². The van der Waals surface area contributed by atoms with Gasteiger partial charge in [0.15, 0.2) is 5.82 Å². The summed E-state index contributed by atoms with van der Waals surface area (Å²) in [7, 11) is 0. The van der Waals surface area contributed by atoms with E-state index >= 15 is 0 Å². The van der Waals surface area contributed by atoms with Crippen LogP contribution in [0.4, 0.5) is 5.82 Å². The van der Waals surface area contributed by atoms with Gasteiger partial charge in [0, 0.05) is 25.2 Å². The Hall–Kier alpha value is -1.40. The normalized spacial score (nSPS) is 20.6. The Morgan fingerprint density at radius 1 is 1.38 bits per heavy atom. The SMILES string of the molecule is Cc1cc(NC(=O)CN2CCC(NCC3CC3)CC2)no1. The molecular formula is C15H24N4O2. The second kappa shape index (κ2) is 6.58. The molecule has 0 spiro atoms. The number of likely N-dealkylation sites (tertiary alicyclic amines) is 1. The summed E-state index contributed by atoms with van der Waals surface area (Å²) in [5, 5.41) is 10.2. The van der Waals surface area contributed by atoms with E-state index in [1.165, 1.54) is 19.4 Å². The van der Waals surface area contributed by atoms with Crippen LogP contribution in [0.15, 0.2) is 10.6 Å². The minimum Gasteiger partial charge on any atom is -0.360 e. The van der Waals surface area contributed by atoms with E-state index in [2.05, 4.69) is 20.7 Å². The van der Waals surface area contributed by atoms with Crippen LogP contribution >= 0.6 is 0 Å². The van der Waals surface area contributed by atoms with Crippen LogP contribution in [0.3, 0.4) is 0 Å². The van der Waals surface area contributed by atoms with Gasteiger partial charge < -0.3 is 15.2 Å². The summed E-state index contributed by atoms with van der Waals surface area (Å²) >= 11 is 0. The second-order valence-electron chi connectivity index (χ2n) is 6.27. The van der Waals surface area contributed by atoms with Crippen LogP contribution in [-0.2, 0) is 4.79 Å². The molecule has 2 heterocycles. The first-order valence-electron chi connectivity index (χ1n) is 7.88. The van der Waals surface area contributed by atoms with Gasteiger partial charge in [0.25, 0.3) is 0 Å². The highest BCUT2D eigenvalue weighted by Crippen LogP contribution is 2.28. The van der Waals surface area contributed by atoms with Gasteiger partial charge >= 0.3 is 0 Å². The van der Waals surface area contributed by atoms with Gasteiger partial charge in [-0.1, -0.05) is 5.16 Å². The fraction of sp³-hybridized carbons (Fsp3) is 0.733. The molecule has 116 valence electrons. The molecule has 1 aromatic heterocycles. The smallest absolute Gasteiger partial charge is 0.239 e. The van der Waals surface area contributed by atoms with Gasteiger partial charge in [0.1, 0.15) is 5.76 Å². The fourth-order valence-electron chi connectivity index (χ4n) is 2.76. The molecular weight excluding hydrogens is 268 g/mol. The van der Waals surface area contributed by atoms with Gasteiger partial charge in [-0.25, -0.2) is 0 Å². The molecule has 2 N–H and O–H groups in total. The molecule has 1 aromatic rings. The summed E-state index contributed by atoms with van der Waals surface area (Å²) in [5.41, 5.74) is 0. The van der Waals surface area contributed by atoms with Gasteiger partial charge in [-0.3, -0.25) is 9.69 Å². The van der Waals surface area contributed by atoms with Crippen molar-refractivity contribution in [2.45, 2.75) is 38.6 Å². The molecule has 21 heavy (non-hydrogen) atoms. The molecule has 1 saturated carbocycles. The molecule has 2 aliphatic rings. The van der Waals surface area contributed by atoms with Gasteiger partial charge in [-0.2, -0.15) is 0 Å². The summed E-state index contributed by atoms with van der Waals surface area (Å²) in [4.78, 5) is 14.2. The standard InChI is InChI=1S/C15H24N4O2/c1-11-8-14(18-21-11)17-15(20)10-19-6-4-13(5-7-19)16-9-12-2-3-12/h8,12-13,16H,2-7,9-10H2,1H3,(H,17,18,20). The molecule has 2 fully saturated rings. The highest BCUT2D eigenvalue weighted by atomic mass is 16.5. The van der Waals surface area contributed by atoms with Crippen LogP contribution in [0.5, 0.6) is 0 Å². The maximum Gasteiger partial charge on any atom is 0.239 e. The van der Waals surface area contributed by atoms with Crippen molar-refractivity contribution in [2.24, 2.45) is 5.92 Å². The van der Waals surface area contributed by atoms with Crippen LogP contribution in [-0.4, -0.2) is 48.2 Å². The van der Waals surface area contributed by atoms with E-state index in [-0.39, 0.29) is 5.91 Å². The number of hydrogen-bond acceptors (Lipinski definition) is 5. The lowest BCUT2D eigenvalue weighted by Gasteiger charge is -2.31. The lowest BCUT2D eigenvalue weighted by Crippen LogP contribution is -2.45. The lowest BCUT2D eigenvalue weighted by molar-refractivity contribution is -0.117. The Balaban J connectivity index is 1.35. The van der Waals surface area contributed by atoms with Crippen LogP contribution in [0.2, 0.25) is 0 Å². The predicted octanol–water partition coefficient (Wildman–Crippen LogP) is 1.39. The third-order valence-electron chi connectivity index (χ3n) is 4.24. The third kappa shape index (κ3) is 4.54. The maximum atomic E-state index is 11.9. The molecule has 0 radical (unpaired) electrons. The predicted molar refractivity (Wildman–Crippen MR) is 80.1 cm³/mol. The van der Waals surface area contributed by atoms with Gasteiger partial charge in [-0.05, 0) is 45.1 Å². The number of carbonyl (C=O) groups is 1. The quantitative estimate of drug-likeness (QED) is 0.829. The average molecular weight is 292 g/mol. The number of rotatable bonds is 6. The topological polar surface area (TPSA) is 70.4 Å². The number of aromatic nitrogens is 1. The molecule has 0 bridgehead atoms. The first kappa shape index (κ1) is 14.5. The molecule has 0 aromatic carbocycles. The Labute approximate surface area is 125 Å². The lowest BCUT2D eigenvalue weighted by atomic mass is 10.0. The highest BCUT2D eigenvalue weighted by Gasteiger charge is 2.25. The van der Waals surface area contributed by atoms with Crippen molar-refractivity contribution >= 4 is 11.7 Å². The van der Waals surface area contributed by atoms with Gasteiger partial charge in [0.2, 0.25) is 5.91 Å². The van der Waals surface area contributed by atoms with Gasteiger partial charge in [-0.15, -0.1) is 0 Å². The van der Waals surface area contributed by atoms with Crippen LogP contribution < -0.4 is 10.6 Å². The highest BCUT2D eigenvalue weighted by molar-refractivity contribution is 5.91. The summed E-state index contributed by atoms with van der Waals surface area (Å²) < 4.78 is 4.93. The molecule has 6 heteroatoms. The Bertz CT molecular complexity index is 476. The number of carbonyl (C=O) groups excluding carboxylic acids is 1. The largest absolute Gasteiger partial charge is 0.360 e. The first-order chi connectivity index (χ1) is 10.2. The molecule has 1 aliphatic heterocycles. The zero-order valence-electron chi connectivity index (χ0n) is 12.6. The van der Waals surface area contributed by atoms with Gasteiger partial charge in [0.05, 0.1) is 6.54 Å². The van der Waals surface area contributed by atoms with E-state index in [0.29, 0.717) is 24.2 Å². The summed E-state index contributed by atoms with van der Waals surface area (Å²) in [6.45, 7) is 5.38. The van der Waals surface area contributed by atoms with E-state index in [9.17, 15) is 4.79 Å². The molecule has 3 rings (SSSR count). The van der Waals surface area contributed by atoms with Crippen molar-refractivity contribution < 1.29 is 9.32 Å².